The molecule has 21 heavy (non-hydrogen) atoms. The third-order valence-corrected chi connectivity index (χ3v) is 3.95. The molecule has 1 saturated carbocycles. The molecule has 7 heteroatoms. The summed E-state index contributed by atoms with van der Waals surface area (Å²) in [6.45, 7) is 2.24. The maximum atomic E-state index is 8.74. The fraction of sp³-hybridized carbons (Fsp3) is 1.00. The zero-order chi connectivity index (χ0) is 16.0. The number of unbranched alkanes of at least 4 members (excludes halogenated alkanes) is 4. The van der Waals surface area contributed by atoms with E-state index in [1.807, 2.05) is 0 Å². The van der Waals surface area contributed by atoms with Gasteiger partial charge in [-0.05, 0) is 18.9 Å². The second-order valence-electron chi connectivity index (χ2n) is 5.63. The molecule has 0 atom stereocenters. The Morgan fingerprint density at radius 3 is 2.05 bits per heavy atom. The normalized spacial score (nSPS) is 15.8. The lowest BCUT2D eigenvalue weighted by atomic mass is 9.99. The summed E-state index contributed by atoms with van der Waals surface area (Å²) in [5.74, 6) is 2.05. The highest BCUT2D eigenvalue weighted by Crippen LogP contribution is 2.29. The molecule has 0 saturated heterocycles. The zero-order valence-corrected chi connectivity index (χ0v) is 14.5. The molecule has 0 aliphatic heterocycles. The van der Waals surface area contributed by atoms with Gasteiger partial charge in [-0.25, -0.2) is 0 Å². The van der Waals surface area contributed by atoms with Gasteiger partial charge in [0.1, 0.15) is 0 Å². The molecule has 0 amide bonds. The number of thiol groups is 1. The first-order chi connectivity index (χ1) is 9.93. The Hall–Kier alpha value is 0.180. The topological polar surface area (TPSA) is 86.6 Å². The molecule has 0 aromatic carbocycles. The van der Waals surface area contributed by atoms with Gasteiger partial charge in [0, 0.05) is 12.3 Å². The quantitative estimate of drug-likeness (QED) is 0.278. The molecule has 0 heterocycles. The number of hydrogen-bond donors (Lipinski definition) is 4. The second kappa shape index (κ2) is 13.8. The van der Waals surface area contributed by atoms with E-state index >= 15 is 0 Å². The molecule has 1 aliphatic rings. The van der Waals surface area contributed by atoms with Gasteiger partial charge in [0.25, 0.3) is 0 Å². The molecule has 1 fully saturated rings. The first-order valence-electron chi connectivity index (χ1n) is 7.95. The van der Waals surface area contributed by atoms with E-state index in [9.17, 15) is 0 Å². The average molecular weight is 342 g/mol. The monoisotopic (exact) mass is 341 g/mol. The molecule has 1 rings (SSSR count). The Kier molecular flexibility index (Phi) is 13.9. The van der Waals surface area contributed by atoms with E-state index in [0.29, 0.717) is 0 Å². The van der Waals surface area contributed by atoms with Crippen molar-refractivity contribution in [2.24, 2.45) is 5.92 Å². The van der Waals surface area contributed by atoms with Crippen LogP contribution in [-0.2, 0) is 10.4 Å². The van der Waals surface area contributed by atoms with Gasteiger partial charge < -0.3 is 5.32 Å². The van der Waals surface area contributed by atoms with Crippen LogP contribution < -0.4 is 5.32 Å². The van der Waals surface area contributed by atoms with Gasteiger partial charge in [0.15, 0.2) is 0 Å². The predicted molar refractivity (Wildman–Crippen MR) is 90.6 cm³/mol. The van der Waals surface area contributed by atoms with Gasteiger partial charge in [-0.2, -0.15) is 21.0 Å². The van der Waals surface area contributed by atoms with Crippen LogP contribution in [0.1, 0.15) is 64.2 Å². The van der Waals surface area contributed by atoms with E-state index in [1.54, 1.807) is 0 Å². The lowest BCUT2D eigenvalue weighted by Gasteiger charge is -2.08. The summed E-state index contributed by atoms with van der Waals surface area (Å²) < 4.78 is 31.6. The Balaban J connectivity index is 0.000000690. The molecule has 0 unspecified atom stereocenters. The molecule has 0 spiro atoms. The molecule has 128 valence electrons. The first kappa shape index (κ1) is 21.2. The number of nitrogens with one attached hydrogen (secondary N) is 1. The molecular formula is C14H31NO4S2. The van der Waals surface area contributed by atoms with Crippen molar-refractivity contribution in [3.05, 3.63) is 0 Å². The van der Waals surface area contributed by atoms with Crippen LogP contribution >= 0.6 is 12.6 Å². The maximum absolute atomic E-state index is 8.74. The van der Waals surface area contributed by atoms with Crippen LogP contribution in [-0.4, -0.2) is 36.4 Å². The van der Waals surface area contributed by atoms with Crippen molar-refractivity contribution in [3.8, 4) is 0 Å². The zero-order valence-electron chi connectivity index (χ0n) is 12.8. The van der Waals surface area contributed by atoms with Crippen molar-refractivity contribution in [2.75, 3.05) is 18.8 Å². The standard InChI is InChI=1S/C14H29NS.H2O4S/c16-13-12-15-11-7-3-1-2-4-8-14-9-5-6-10-14;1-5(2,3)4/h14-16H,1-13H2;(H2,1,2,3,4). The lowest BCUT2D eigenvalue weighted by Crippen LogP contribution is -2.17. The Labute approximate surface area is 135 Å². The van der Waals surface area contributed by atoms with E-state index in [0.717, 1.165) is 18.2 Å². The summed E-state index contributed by atoms with van der Waals surface area (Å²) in [6.07, 6.45) is 14.7. The lowest BCUT2D eigenvalue weighted by molar-refractivity contribution is 0.381. The van der Waals surface area contributed by atoms with Crippen molar-refractivity contribution in [1.82, 2.24) is 5.32 Å². The minimum Gasteiger partial charge on any atom is -0.316 e. The highest BCUT2D eigenvalue weighted by atomic mass is 32.3. The average Bonchev–Trinajstić information content (AvgIpc) is 2.88. The molecule has 0 radical (unpaired) electrons. The molecule has 1 aliphatic carbocycles. The molecule has 5 nitrogen and oxygen atoms in total. The van der Waals surface area contributed by atoms with Gasteiger partial charge in [-0.15, -0.1) is 0 Å². The Bertz CT molecular complexity index is 309. The van der Waals surface area contributed by atoms with Crippen molar-refractivity contribution in [1.29, 1.82) is 0 Å². The van der Waals surface area contributed by atoms with Gasteiger partial charge in [0.2, 0.25) is 0 Å². The van der Waals surface area contributed by atoms with Crippen LogP contribution in [0.4, 0.5) is 0 Å². The predicted octanol–water partition coefficient (Wildman–Crippen LogP) is 3.38. The fourth-order valence-corrected chi connectivity index (χ4v) is 2.87. The van der Waals surface area contributed by atoms with Gasteiger partial charge in [0.05, 0.1) is 0 Å². The minimum atomic E-state index is -4.67. The van der Waals surface area contributed by atoms with Crippen molar-refractivity contribution in [2.45, 2.75) is 64.2 Å². The van der Waals surface area contributed by atoms with Gasteiger partial charge in [-0.1, -0.05) is 57.8 Å². The third kappa shape index (κ3) is 20.2. The summed E-state index contributed by atoms with van der Waals surface area (Å²) in [4.78, 5) is 0. The summed E-state index contributed by atoms with van der Waals surface area (Å²) in [5.41, 5.74) is 0. The van der Waals surface area contributed by atoms with E-state index in [4.69, 9.17) is 17.5 Å². The summed E-state index contributed by atoms with van der Waals surface area (Å²) in [5, 5.41) is 3.39. The fourth-order valence-electron chi connectivity index (χ4n) is 2.72. The highest BCUT2D eigenvalue weighted by molar-refractivity contribution is 7.80. The smallest absolute Gasteiger partial charge is 0.316 e. The summed E-state index contributed by atoms with van der Waals surface area (Å²) >= 11 is 4.17. The molecule has 0 bridgehead atoms. The molecule has 0 aromatic rings. The summed E-state index contributed by atoms with van der Waals surface area (Å²) in [7, 11) is -4.67. The molecule has 3 N–H and O–H groups in total. The van der Waals surface area contributed by atoms with Crippen LogP contribution in [0.15, 0.2) is 0 Å². The molecule has 0 aromatic heterocycles. The Morgan fingerprint density at radius 2 is 1.48 bits per heavy atom. The largest absolute Gasteiger partial charge is 0.394 e. The van der Waals surface area contributed by atoms with Crippen LogP contribution in [0.5, 0.6) is 0 Å². The summed E-state index contributed by atoms with van der Waals surface area (Å²) in [6, 6.07) is 0. The van der Waals surface area contributed by atoms with E-state index in [1.165, 1.54) is 70.8 Å². The van der Waals surface area contributed by atoms with E-state index < -0.39 is 10.4 Å². The van der Waals surface area contributed by atoms with Crippen LogP contribution in [0.2, 0.25) is 0 Å². The third-order valence-electron chi connectivity index (χ3n) is 3.73. The van der Waals surface area contributed by atoms with Crippen molar-refractivity contribution < 1.29 is 17.5 Å². The number of rotatable bonds is 10. The van der Waals surface area contributed by atoms with Crippen molar-refractivity contribution in [3.63, 3.8) is 0 Å². The maximum Gasteiger partial charge on any atom is 0.394 e. The van der Waals surface area contributed by atoms with Crippen LogP contribution in [0, 0.1) is 5.92 Å². The SMILES string of the molecule is O=S(=O)(O)O.SCCNCCCCCCCC1CCCC1. The Morgan fingerprint density at radius 1 is 0.952 bits per heavy atom. The highest BCUT2D eigenvalue weighted by Gasteiger charge is 2.13. The van der Waals surface area contributed by atoms with Crippen LogP contribution in [0.3, 0.4) is 0 Å². The minimum absolute atomic E-state index is 0.960. The van der Waals surface area contributed by atoms with E-state index in [2.05, 4.69) is 17.9 Å². The second-order valence-corrected chi connectivity index (χ2v) is 6.97. The first-order valence-corrected chi connectivity index (χ1v) is 9.98. The molecular weight excluding hydrogens is 310 g/mol. The number of hydrogen-bond acceptors (Lipinski definition) is 4. The van der Waals surface area contributed by atoms with Gasteiger partial charge in [-0.3, -0.25) is 9.11 Å². The van der Waals surface area contributed by atoms with Crippen molar-refractivity contribution >= 4 is 23.0 Å². The van der Waals surface area contributed by atoms with E-state index in [-0.39, 0.29) is 0 Å². The van der Waals surface area contributed by atoms with Crippen LogP contribution in [0.25, 0.3) is 0 Å². The van der Waals surface area contributed by atoms with Gasteiger partial charge >= 0.3 is 10.4 Å².